The summed E-state index contributed by atoms with van der Waals surface area (Å²) in [6, 6.07) is 1.94. The van der Waals surface area contributed by atoms with Crippen LogP contribution in [0.2, 0.25) is 0 Å². The van der Waals surface area contributed by atoms with E-state index in [1.807, 2.05) is 37.0 Å². The molecule has 0 spiro atoms. The number of carbonyl (C=O) groups is 1. The minimum Gasteiger partial charge on any atom is -0.357 e. The molecule has 1 saturated heterocycles. The molecule has 0 aromatic carbocycles. The molecule has 0 radical (unpaired) electrons. The quantitative estimate of drug-likeness (QED) is 0.805. The Bertz CT molecular complexity index is 609. The summed E-state index contributed by atoms with van der Waals surface area (Å²) in [6.07, 6.45) is 5.55. The van der Waals surface area contributed by atoms with Crippen molar-refractivity contribution in [3.05, 3.63) is 24.0 Å². The molecule has 0 unspecified atom stereocenters. The molecule has 0 saturated carbocycles. The molecule has 6 nitrogen and oxygen atoms in total. The fourth-order valence-electron chi connectivity index (χ4n) is 2.76. The Morgan fingerprint density at radius 1 is 1.23 bits per heavy atom. The molecule has 2 heterocycles. The van der Waals surface area contributed by atoms with Gasteiger partial charge in [0.25, 0.3) is 0 Å². The zero-order chi connectivity index (χ0) is 16.2. The standard InChI is InChI=1S/C15H25N3O3S/c1-3-11-22(20,21)18-7-4-6-17(9-10-18)15(19)12-14-5-8-16(2)13-14/h5,8,13H,3-4,6-7,9-12H2,1-2H3. The second-order valence-electron chi connectivity index (χ2n) is 5.81. The van der Waals surface area contributed by atoms with Crippen molar-refractivity contribution < 1.29 is 13.2 Å². The van der Waals surface area contributed by atoms with Gasteiger partial charge in [-0.2, -0.15) is 0 Å². The fraction of sp³-hybridized carbons (Fsp3) is 0.667. The van der Waals surface area contributed by atoms with E-state index >= 15 is 0 Å². The van der Waals surface area contributed by atoms with Crippen LogP contribution in [0.3, 0.4) is 0 Å². The van der Waals surface area contributed by atoms with Crippen molar-refractivity contribution >= 4 is 15.9 Å². The average Bonchev–Trinajstić information content (AvgIpc) is 2.72. The highest BCUT2D eigenvalue weighted by Gasteiger charge is 2.26. The Morgan fingerprint density at radius 2 is 2.00 bits per heavy atom. The number of amides is 1. The SMILES string of the molecule is CCCS(=O)(=O)N1CCCN(C(=O)Cc2ccn(C)c2)CC1. The van der Waals surface area contributed by atoms with Crippen molar-refractivity contribution in [2.75, 3.05) is 31.9 Å². The van der Waals surface area contributed by atoms with Crippen LogP contribution in [0.15, 0.2) is 18.5 Å². The Labute approximate surface area is 132 Å². The van der Waals surface area contributed by atoms with Gasteiger partial charge >= 0.3 is 0 Å². The highest BCUT2D eigenvalue weighted by Crippen LogP contribution is 2.11. The van der Waals surface area contributed by atoms with Gasteiger partial charge in [0.2, 0.25) is 15.9 Å². The van der Waals surface area contributed by atoms with Crippen molar-refractivity contribution in [3.8, 4) is 0 Å². The van der Waals surface area contributed by atoms with Gasteiger partial charge in [0, 0.05) is 45.6 Å². The van der Waals surface area contributed by atoms with Crippen molar-refractivity contribution in [3.63, 3.8) is 0 Å². The zero-order valence-corrected chi connectivity index (χ0v) is 14.2. The lowest BCUT2D eigenvalue weighted by Crippen LogP contribution is -2.38. The van der Waals surface area contributed by atoms with E-state index in [9.17, 15) is 13.2 Å². The van der Waals surface area contributed by atoms with Gasteiger partial charge in [-0.25, -0.2) is 12.7 Å². The first-order valence-corrected chi connectivity index (χ1v) is 9.39. The van der Waals surface area contributed by atoms with Crippen LogP contribution in [0.25, 0.3) is 0 Å². The third-order valence-corrected chi connectivity index (χ3v) is 5.99. The number of nitrogens with zero attached hydrogens (tertiary/aromatic N) is 3. The number of hydrogen-bond acceptors (Lipinski definition) is 3. The molecule has 0 bridgehead atoms. The van der Waals surface area contributed by atoms with Crippen LogP contribution < -0.4 is 0 Å². The monoisotopic (exact) mass is 327 g/mol. The molecular weight excluding hydrogens is 302 g/mol. The average molecular weight is 327 g/mol. The second-order valence-corrected chi connectivity index (χ2v) is 7.90. The number of hydrogen-bond donors (Lipinski definition) is 0. The lowest BCUT2D eigenvalue weighted by Gasteiger charge is -2.21. The fourth-order valence-corrected chi connectivity index (χ4v) is 4.30. The Kier molecular flexibility index (Phi) is 5.63. The Morgan fingerprint density at radius 3 is 2.64 bits per heavy atom. The van der Waals surface area contributed by atoms with E-state index in [2.05, 4.69) is 0 Å². The highest BCUT2D eigenvalue weighted by molar-refractivity contribution is 7.89. The first-order chi connectivity index (χ1) is 10.4. The molecule has 22 heavy (non-hydrogen) atoms. The Balaban J connectivity index is 1.93. The third-order valence-electron chi connectivity index (χ3n) is 3.91. The van der Waals surface area contributed by atoms with Gasteiger partial charge < -0.3 is 9.47 Å². The van der Waals surface area contributed by atoms with Crippen molar-refractivity contribution in [2.45, 2.75) is 26.2 Å². The molecular formula is C15H25N3O3S. The molecule has 0 aliphatic carbocycles. The van der Waals surface area contributed by atoms with E-state index in [0.717, 1.165) is 5.56 Å². The first kappa shape index (κ1) is 17.0. The van der Waals surface area contributed by atoms with Crippen LogP contribution in [0.1, 0.15) is 25.3 Å². The predicted molar refractivity (Wildman–Crippen MR) is 86.0 cm³/mol. The summed E-state index contributed by atoms with van der Waals surface area (Å²) in [5, 5.41) is 0. The predicted octanol–water partition coefficient (Wildman–Crippen LogP) is 0.842. The topological polar surface area (TPSA) is 62.6 Å². The van der Waals surface area contributed by atoms with E-state index in [-0.39, 0.29) is 11.7 Å². The first-order valence-electron chi connectivity index (χ1n) is 7.79. The molecule has 1 amide bonds. The molecule has 0 atom stereocenters. The van der Waals surface area contributed by atoms with Crippen molar-refractivity contribution in [1.29, 1.82) is 0 Å². The minimum atomic E-state index is -3.17. The van der Waals surface area contributed by atoms with Gasteiger partial charge in [-0.1, -0.05) is 6.92 Å². The summed E-state index contributed by atoms with van der Waals surface area (Å²) in [5.41, 5.74) is 0.993. The van der Waals surface area contributed by atoms with Crippen LogP contribution in [0, 0.1) is 0 Å². The van der Waals surface area contributed by atoms with Crippen molar-refractivity contribution in [2.24, 2.45) is 7.05 Å². The molecule has 124 valence electrons. The van der Waals surface area contributed by atoms with Gasteiger partial charge in [-0.05, 0) is 24.5 Å². The van der Waals surface area contributed by atoms with E-state index in [1.165, 1.54) is 4.31 Å². The van der Waals surface area contributed by atoms with Gasteiger partial charge in [0.1, 0.15) is 0 Å². The summed E-state index contributed by atoms with van der Waals surface area (Å²) in [4.78, 5) is 14.1. The summed E-state index contributed by atoms with van der Waals surface area (Å²) < 4.78 is 27.7. The van der Waals surface area contributed by atoms with Crippen LogP contribution in [-0.2, 0) is 28.3 Å². The summed E-state index contributed by atoms with van der Waals surface area (Å²) in [7, 11) is -1.24. The zero-order valence-electron chi connectivity index (χ0n) is 13.4. The molecule has 2 rings (SSSR count). The van der Waals surface area contributed by atoms with E-state index < -0.39 is 10.0 Å². The smallest absolute Gasteiger partial charge is 0.227 e. The number of carbonyl (C=O) groups excluding carboxylic acids is 1. The normalized spacial score (nSPS) is 17.5. The lowest BCUT2D eigenvalue weighted by atomic mass is 10.2. The van der Waals surface area contributed by atoms with Crippen LogP contribution in [-0.4, -0.2) is 60.0 Å². The maximum atomic E-state index is 12.4. The number of rotatable bonds is 5. The minimum absolute atomic E-state index is 0.0703. The van der Waals surface area contributed by atoms with Crippen molar-refractivity contribution in [1.82, 2.24) is 13.8 Å². The van der Waals surface area contributed by atoms with E-state index in [0.29, 0.717) is 45.4 Å². The number of sulfonamides is 1. The highest BCUT2D eigenvalue weighted by atomic mass is 32.2. The largest absolute Gasteiger partial charge is 0.357 e. The van der Waals surface area contributed by atoms with Gasteiger partial charge in [0.05, 0.1) is 12.2 Å². The molecule has 1 aliphatic heterocycles. The molecule has 1 fully saturated rings. The summed E-state index contributed by atoms with van der Waals surface area (Å²) in [5.74, 6) is 0.256. The second kappa shape index (κ2) is 7.28. The van der Waals surface area contributed by atoms with Crippen LogP contribution >= 0.6 is 0 Å². The van der Waals surface area contributed by atoms with Gasteiger partial charge in [-0.3, -0.25) is 4.79 Å². The lowest BCUT2D eigenvalue weighted by molar-refractivity contribution is -0.130. The maximum absolute atomic E-state index is 12.4. The van der Waals surface area contributed by atoms with E-state index in [4.69, 9.17) is 0 Å². The number of aryl methyl sites for hydroxylation is 1. The van der Waals surface area contributed by atoms with E-state index in [1.54, 1.807) is 4.90 Å². The third kappa shape index (κ3) is 4.33. The van der Waals surface area contributed by atoms with Gasteiger partial charge in [-0.15, -0.1) is 0 Å². The molecule has 0 N–H and O–H groups in total. The van der Waals surface area contributed by atoms with Crippen LogP contribution in [0.5, 0.6) is 0 Å². The maximum Gasteiger partial charge on any atom is 0.227 e. The molecule has 1 aromatic heterocycles. The molecule has 1 aliphatic rings. The van der Waals surface area contributed by atoms with Crippen LogP contribution in [0.4, 0.5) is 0 Å². The molecule has 7 heteroatoms. The molecule has 1 aromatic rings. The number of aromatic nitrogens is 1. The Hall–Kier alpha value is -1.34. The summed E-state index contributed by atoms with van der Waals surface area (Å²) in [6.45, 7) is 3.89. The summed E-state index contributed by atoms with van der Waals surface area (Å²) >= 11 is 0. The van der Waals surface area contributed by atoms with Gasteiger partial charge in [0.15, 0.2) is 0 Å².